The van der Waals surface area contributed by atoms with Crippen molar-refractivity contribution in [2.45, 2.75) is 42.9 Å². The third-order valence-corrected chi connectivity index (χ3v) is 5.43. The second kappa shape index (κ2) is 8.85. The molecule has 2 aliphatic heterocycles. The van der Waals surface area contributed by atoms with E-state index in [-0.39, 0.29) is 18.2 Å². The van der Waals surface area contributed by atoms with Gasteiger partial charge in [0, 0.05) is 17.9 Å². The zero-order chi connectivity index (χ0) is 16.8. The molecule has 0 aliphatic carbocycles. The van der Waals surface area contributed by atoms with Crippen LogP contribution in [0.3, 0.4) is 0 Å². The molecule has 2 fully saturated rings. The first kappa shape index (κ1) is 17.7. The van der Waals surface area contributed by atoms with Gasteiger partial charge < -0.3 is 14.8 Å². The molecule has 0 aromatic heterocycles. The Hall–Kier alpha value is -1.08. The van der Waals surface area contributed by atoms with Crippen LogP contribution in [-0.4, -0.2) is 55.7 Å². The second-order valence-electron chi connectivity index (χ2n) is 6.21. The fourth-order valence-electron chi connectivity index (χ4n) is 3.41. The lowest BCUT2D eigenvalue weighted by Crippen LogP contribution is -2.48. The van der Waals surface area contributed by atoms with Gasteiger partial charge in [-0.3, -0.25) is 9.69 Å². The van der Waals surface area contributed by atoms with Gasteiger partial charge >= 0.3 is 0 Å². The molecule has 2 heterocycles. The topological polar surface area (TPSA) is 50.8 Å². The fraction of sp³-hybridized carbons (Fsp3) is 0.611. The van der Waals surface area contributed by atoms with E-state index in [1.54, 1.807) is 11.8 Å². The summed E-state index contributed by atoms with van der Waals surface area (Å²) in [5, 5.41) is 3.04. The second-order valence-corrected chi connectivity index (χ2v) is 7.06. The summed E-state index contributed by atoms with van der Waals surface area (Å²) in [6.45, 7) is 3.13. The lowest BCUT2D eigenvalue weighted by atomic mass is 10.0. The summed E-state index contributed by atoms with van der Waals surface area (Å²) in [6.07, 6.45) is 5.86. The lowest BCUT2D eigenvalue weighted by Gasteiger charge is -2.37. The van der Waals surface area contributed by atoms with Crippen LogP contribution in [0, 0.1) is 0 Å². The molecule has 0 spiro atoms. The molecule has 1 atom stereocenters. The molecule has 1 amide bonds. The number of likely N-dealkylation sites (tertiary alicyclic amines) is 1. The Morgan fingerprint density at radius 2 is 2.08 bits per heavy atom. The van der Waals surface area contributed by atoms with Gasteiger partial charge in [0.25, 0.3) is 0 Å². The van der Waals surface area contributed by atoms with Crippen LogP contribution in [0.15, 0.2) is 29.2 Å². The molecule has 1 unspecified atom stereocenters. The van der Waals surface area contributed by atoms with E-state index in [0.717, 1.165) is 30.1 Å². The average molecular weight is 350 g/mol. The summed E-state index contributed by atoms with van der Waals surface area (Å²) in [6, 6.07) is 8.20. The molecule has 2 saturated heterocycles. The van der Waals surface area contributed by atoms with Crippen LogP contribution in [-0.2, 0) is 14.3 Å². The van der Waals surface area contributed by atoms with Crippen LogP contribution in [0.1, 0.15) is 25.7 Å². The van der Waals surface area contributed by atoms with E-state index < -0.39 is 0 Å². The van der Waals surface area contributed by atoms with Crippen molar-refractivity contribution in [3.05, 3.63) is 24.3 Å². The molecule has 3 rings (SSSR count). The molecule has 6 heteroatoms. The minimum Gasteiger partial charge on any atom is -0.349 e. The molecule has 1 N–H and O–H groups in total. The molecule has 132 valence electrons. The maximum atomic E-state index is 12.3. The van der Waals surface area contributed by atoms with E-state index in [9.17, 15) is 4.79 Å². The van der Waals surface area contributed by atoms with Gasteiger partial charge in [0.15, 0.2) is 6.29 Å². The number of carbonyl (C=O) groups is 1. The van der Waals surface area contributed by atoms with E-state index in [1.165, 1.54) is 12.8 Å². The third-order valence-electron chi connectivity index (χ3n) is 4.63. The Labute approximate surface area is 148 Å². The van der Waals surface area contributed by atoms with Gasteiger partial charge in [0.1, 0.15) is 0 Å². The van der Waals surface area contributed by atoms with E-state index in [2.05, 4.69) is 10.2 Å². The summed E-state index contributed by atoms with van der Waals surface area (Å²) in [7, 11) is 0. The maximum absolute atomic E-state index is 12.3. The molecular formula is C18H26N2O3S. The van der Waals surface area contributed by atoms with Crippen molar-refractivity contribution in [1.82, 2.24) is 4.90 Å². The van der Waals surface area contributed by atoms with E-state index in [0.29, 0.717) is 19.6 Å². The standard InChI is InChI=1S/C18H26N2O3S/c1-24-16-8-3-2-6-14(16)19-17(21)9-11-20-10-5-4-7-15(20)18-22-12-13-23-18/h2-3,6,8,15,18H,4-5,7,9-13H2,1H3,(H,19,21). The lowest BCUT2D eigenvalue weighted by molar-refractivity contribution is -0.120. The number of piperidine rings is 1. The van der Waals surface area contributed by atoms with E-state index in [1.807, 2.05) is 30.5 Å². The quantitative estimate of drug-likeness (QED) is 0.800. The first-order valence-corrected chi connectivity index (χ1v) is 9.90. The van der Waals surface area contributed by atoms with Crippen molar-refractivity contribution in [3.8, 4) is 0 Å². The molecule has 0 radical (unpaired) electrons. The fourth-order valence-corrected chi connectivity index (χ4v) is 3.96. The van der Waals surface area contributed by atoms with Gasteiger partial charge in [0.05, 0.1) is 24.9 Å². The number of para-hydroxylation sites is 1. The predicted octanol–water partition coefficient (Wildman–Crippen LogP) is 2.96. The van der Waals surface area contributed by atoms with Crippen LogP contribution in [0.4, 0.5) is 5.69 Å². The Morgan fingerprint density at radius 1 is 1.29 bits per heavy atom. The van der Waals surface area contributed by atoms with E-state index in [4.69, 9.17) is 9.47 Å². The number of amides is 1. The average Bonchev–Trinajstić information content (AvgIpc) is 3.15. The number of thioether (sulfide) groups is 1. The largest absolute Gasteiger partial charge is 0.349 e. The van der Waals surface area contributed by atoms with Gasteiger partial charge in [-0.1, -0.05) is 18.6 Å². The highest BCUT2D eigenvalue weighted by molar-refractivity contribution is 7.98. The first-order chi connectivity index (χ1) is 11.8. The van der Waals surface area contributed by atoms with Crippen molar-refractivity contribution in [2.75, 3.05) is 37.9 Å². The van der Waals surface area contributed by atoms with Gasteiger partial charge in [-0.25, -0.2) is 0 Å². The first-order valence-electron chi connectivity index (χ1n) is 8.68. The van der Waals surface area contributed by atoms with Crippen LogP contribution in [0.25, 0.3) is 0 Å². The monoisotopic (exact) mass is 350 g/mol. The molecule has 0 saturated carbocycles. The smallest absolute Gasteiger partial charge is 0.225 e. The third kappa shape index (κ3) is 4.51. The number of anilines is 1. The molecule has 1 aromatic carbocycles. The van der Waals surface area contributed by atoms with Crippen LogP contribution >= 0.6 is 11.8 Å². The molecule has 1 aromatic rings. The Morgan fingerprint density at radius 3 is 2.88 bits per heavy atom. The molecule has 5 nitrogen and oxygen atoms in total. The highest BCUT2D eigenvalue weighted by Crippen LogP contribution is 2.26. The highest BCUT2D eigenvalue weighted by atomic mass is 32.2. The summed E-state index contributed by atoms with van der Waals surface area (Å²) in [5.41, 5.74) is 0.896. The SMILES string of the molecule is CSc1ccccc1NC(=O)CCN1CCCCC1C1OCCO1. The van der Waals surface area contributed by atoms with Crippen molar-refractivity contribution < 1.29 is 14.3 Å². The number of nitrogens with one attached hydrogen (secondary N) is 1. The summed E-state index contributed by atoms with van der Waals surface area (Å²) < 4.78 is 11.4. The zero-order valence-corrected chi connectivity index (χ0v) is 15.0. The van der Waals surface area contributed by atoms with Gasteiger partial charge in [-0.15, -0.1) is 11.8 Å². The van der Waals surface area contributed by atoms with Gasteiger partial charge in [-0.05, 0) is 37.8 Å². The Kier molecular flexibility index (Phi) is 6.54. The Balaban J connectivity index is 1.52. The zero-order valence-electron chi connectivity index (χ0n) is 14.2. The minimum atomic E-state index is -0.120. The minimum absolute atomic E-state index is 0.0640. The predicted molar refractivity (Wildman–Crippen MR) is 96.4 cm³/mol. The Bertz CT molecular complexity index is 549. The molecule has 24 heavy (non-hydrogen) atoms. The maximum Gasteiger partial charge on any atom is 0.225 e. The van der Waals surface area contributed by atoms with Gasteiger partial charge in [0.2, 0.25) is 5.91 Å². The van der Waals surface area contributed by atoms with Gasteiger partial charge in [-0.2, -0.15) is 0 Å². The van der Waals surface area contributed by atoms with Crippen LogP contribution in [0.2, 0.25) is 0 Å². The van der Waals surface area contributed by atoms with Crippen molar-refractivity contribution in [2.24, 2.45) is 0 Å². The number of hydrogen-bond acceptors (Lipinski definition) is 5. The highest BCUT2D eigenvalue weighted by Gasteiger charge is 2.33. The summed E-state index contributed by atoms with van der Waals surface area (Å²) in [5.74, 6) is 0.0640. The summed E-state index contributed by atoms with van der Waals surface area (Å²) >= 11 is 1.64. The van der Waals surface area contributed by atoms with Crippen molar-refractivity contribution in [3.63, 3.8) is 0 Å². The summed E-state index contributed by atoms with van der Waals surface area (Å²) in [4.78, 5) is 15.8. The number of carbonyl (C=O) groups excluding carboxylic acids is 1. The number of hydrogen-bond donors (Lipinski definition) is 1. The number of benzene rings is 1. The molecule has 2 aliphatic rings. The van der Waals surface area contributed by atoms with Crippen molar-refractivity contribution >= 4 is 23.4 Å². The number of ether oxygens (including phenoxy) is 2. The van der Waals surface area contributed by atoms with E-state index >= 15 is 0 Å². The van der Waals surface area contributed by atoms with Crippen LogP contribution < -0.4 is 5.32 Å². The normalized spacial score (nSPS) is 22.6. The number of rotatable bonds is 6. The number of nitrogens with zero attached hydrogens (tertiary/aromatic N) is 1. The van der Waals surface area contributed by atoms with Crippen molar-refractivity contribution in [1.29, 1.82) is 0 Å². The molecule has 0 bridgehead atoms. The molecular weight excluding hydrogens is 324 g/mol. The van der Waals surface area contributed by atoms with Crippen LogP contribution in [0.5, 0.6) is 0 Å².